The molecule has 0 aliphatic heterocycles. The van der Waals surface area contributed by atoms with Crippen molar-refractivity contribution in [3.05, 3.63) is 46.4 Å². The number of nitrogens with zero attached hydrogens (tertiary/aromatic N) is 1. The Morgan fingerprint density at radius 3 is 2.75 bits per heavy atom. The van der Waals surface area contributed by atoms with Gasteiger partial charge in [0.05, 0.1) is 5.92 Å². The zero-order valence-electron chi connectivity index (χ0n) is 8.73. The number of allylic oxidation sites excluding steroid dienone is 2. The summed E-state index contributed by atoms with van der Waals surface area (Å²) in [4.78, 5) is 29.2. The van der Waals surface area contributed by atoms with Crippen LogP contribution in [0.15, 0.2) is 35.2 Å². The minimum Gasteiger partial charge on any atom is -0.329 e. The zero-order chi connectivity index (χ0) is 11.5. The van der Waals surface area contributed by atoms with E-state index in [1.165, 1.54) is 6.07 Å². The number of aryl methyl sites for hydroxylation is 1. The van der Waals surface area contributed by atoms with Crippen LogP contribution in [0, 0.1) is 12.8 Å². The van der Waals surface area contributed by atoms with Crippen LogP contribution in [0.2, 0.25) is 0 Å². The second-order valence-corrected chi connectivity index (χ2v) is 3.54. The van der Waals surface area contributed by atoms with Crippen molar-refractivity contribution in [2.24, 2.45) is 5.92 Å². The zero-order valence-corrected chi connectivity index (χ0v) is 8.73. The van der Waals surface area contributed by atoms with Gasteiger partial charge in [0.15, 0.2) is 0 Å². The Morgan fingerprint density at radius 2 is 2.12 bits per heavy atom. The average Bonchev–Trinajstić information content (AvgIpc) is 2.68. The molecule has 0 saturated carbocycles. The largest absolute Gasteiger partial charge is 0.329 e. The molecular weight excluding hydrogens is 206 g/mol. The molecule has 5 nitrogen and oxygen atoms in total. The molecule has 0 aromatic carbocycles. The van der Waals surface area contributed by atoms with Gasteiger partial charge in [-0.15, -0.1) is 0 Å². The second kappa shape index (κ2) is 4.14. The highest BCUT2D eigenvalue weighted by Gasteiger charge is 2.15. The summed E-state index contributed by atoms with van der Waals surface area (Å²) in [6.07, 6.45) is 7.14. The Morgan fingerprint density at radius 1 is 1.44 bits per heavy atom. The lowest BCUT2D eigenvalue weighted by Gasteiger charge is -2.07. The van der Waals surface area contributed by atoms with Gasteiger partial charge in [0.1, 0.15) is 0 Å². The van der Waals surface area contributed by atoms with Gasteiger partial charge in [0.2, 0.25) is 11.9 Å². The Bertz CT molecular complexity index is 516. The molecule has 1 aliphatic rings. The number of nitrogens with one attached hydrogen (secondary N) is 2. The molecule has 82 valence electrons. The monoisotopic (exact) mass is 217 g/mol. The number of carbonyl (C=O) groups excluding carboxylic acids is 1. The van der Waals surface area contributed by atoms with Crippen molar-refractivity contribution >= 4 is 11.9 Å². The van der Waals surface area contributed by atoms with E-state index in [4.69, 9.17) is 0 Å². The lowest BCUT2D eigenvalue weighted by atomic mass is 10.1. The predicted molar refractivity (Wildman–Crippen MR) is 60.0 cm³/mol. The van der Waals surface area contributed by atoms with Gasteiger partial charge in [-0.3, -0.25) is 14.9 Å². The molecule has 0 bridgehead atoms. The van der Waals surface area contributed by atoms with E-state index in [1.54, 1.807) is 31.2 Å². The molecule has 16 heavy (non-hydrogen) atoms. The molecule has 2 rings (SSSR count). The van der Waals surface area contributed by atoms with Crippen molar-refractivity contribution < 1.29 is 4.79 Å². The molecule has 0 radical (unpaired) electrons. The fourth-order valence-electron chi connectivity index (χ4n) is 1.44. The van der Waals surface area contributed by atoms with Crippen LogP contribution in [0.3, 0.4) is 0 Å². The lowest BCUT2D eigenvalue weighted by Crippen LogP contribution is -2.22. The molecule has 0 atom stereocenters. The SMILES string of the molecule is Cc1cc(=O)nc(NC(=O)C2C=CC=C2)[nH]1. The molecule has 1 aliphatic carbocycles. The van der Waals surface area contributed by atoms with Crippen LogP contribution in [0.5, 0.6) is 0 Å². The van der Waals surface area contributed by atoms with Gasteiger partial charge < -0.3 is 4.98 Å². The van der Waals surface area contributed by atoms with Crippen LogP contribution in [-0.4, -0.2) is 15.9 Å². The fraction of sp³-hybridized carbons (Fsp3) is 0.182. The van der Waals surface area contributed by atoms with E-state index in [0.29, 0.717) is 5.69 Å². The van der Waals surface area contributed by atoms with E-state index < -0.39 is 0 Å². The third-order valence-corrected chi connectivity index (χ3v) is 2.17. The summed E-state index contributed by atoms with van der Waals surface area (Å²) in [5.41, 5.74) is 0.289. The maximum Gasteiger partial charge on any atom is 0.274 e. The summed E-state index contributed by atoms with van der Waals surface area (Å²) in [6.45, 7) is 1.73. The van der Waals surface area contributed by atoms with Gasteiger partial charge in [-0.25, -0.2) is 0 Å². The summed E-state index contributed by atoms with van der Waals surface area (Å²) in [5.74, 6) is -0.312. The number of anilines is 1. The van der Waals surface area contributed by atoms with Gasteiger partial charge in [-0.1, -0.05) is 24.3 Å². The maximum atomic E-state index is 11.7. The first kappa shape index (κ1) is 10.4. The Hall–Kier alpha value is -2.17. The van der Waals surface area contributed by atoms with Crippen LogP contribution >= 0.6 is 0 Å². The first-order chi connectivity index (χ1) is 7.65. The van der Waals surface area contributed by atoms with E-state index in [0.717, 1.165) is 0 Å². The number of hydrogen-bond acceptors (Lipinski definition) is 3. The smallest absolute Gasteiger partial charge is 0.274 e. The third kappa shape index (κ3) is 2.25. The van der Waals surface area contributed by atoms with Crippen molar-refractivity contribution in [2.75, 3.05) is 5.32 Å². The van der Waals surface area contributed by atoms with Crippen molar-refractivity contribution in [3.8, 4) is 0 Å². The number of H-pyrrole nitrogens is 1. The summed E-state index contributed by atoms with van der Waals surface area (Å²) in [6, 6.07) is 1.37. The first-order valence-electron chi connectivity index (χ1n) is 4.89. The highest BCUT2D eigenvalue weighted by atomic mass is 16.2. The molecule has 2 N–H and O–H groups in total. The summed E-state index contributed by atoms with van der Waals surface area (Å²) >= 11 is 0. The van der Waals surface area contributed by atoms with Gasteiger partial charge >= 0.3 is 0 Å². The molecule has 1 aromatic rings. The minimum atomic E-state index is -0.371. The Balaban J connectivity index is 2.14. The standard InChI is InChI=1S/C11H11N3O2/c1-7-6-9(15)13-11(12-7)14-10(16)8-4-2-3-5-8/h2-6,8H,1H3,(H2,12,13,14,15,16). The molecular formula is C11H11N3O2. The van der Waals surface area contributed by atoms with E-state index in [2.05, 4.69) is 15.3 Å². The quantitative estimate of drug-likeness (QED) is 0.767. The normalized spacial score (nSPS) is 14.3. The van der Waals surface area contributed by atoms with Crippen LogP contribution < -0.4 is 10.9 Å². The first-order valence-corrected chi connectivity index (χ1v) is 4.89. The van der Waals surface area contributed by atoms with Crippen LogP contribution in [0.25, 0.3) is 0 Å². The summed E-state index contributed by atoms with van der Waals surface area (Å²) in [7, 11) is 0. The van der Waals surface area contributed by atoms with Gasteiger partial charge in [-0.05, 0) is 6.92 Å². The average molecular weight is 217 g/mol. The van der Waals surface area contributed by atoms with Crippen molar-refractivity contribution in [2.45, 2.75) is 6.92 Å². The highest BCUT2D eigenvalue weighted by molar-refractivity contribution is 5.93. The number of amides is 1. The van der Waals surface area contributed by atoms with E-state index in [1.807, 2.05) is 0 Å². The number of hydrogen-bond donors (Lipinski definition) is 2. The number of carbonyl (C=O) groups is 1. The highest BCUT2D eigenvalue weighted by Crippen LogP contribution is 2.10. The topological polar surface area (TPSA) is 74.8 Å². The molecule has 1 amide bonds. The van der Waals surface area contributed by atoms with Crippen LogP contribution in [-0.2, 0) is 4.79 Å². The van der Waals surface area contributed by atoms with Crippen LogP contribution in [0.1, 0.15) is 5.69 Å². The van der Waals surface area contributed by atoms with Gasteiger partial charge in [0.25, 0.3) is 5.56 Å². The van der Waals surface area contributed by atoms with Crippen molar-refractivity contribution in [1.29, 1.82) is 0 Å². The molecule has 1 aromatic heterocycles. The van der Waals surface area contributed by atoms with Crippen molar-refractivity contribution in [1.82, 2.24) is 9.97 Å². The fourth-order valence-corrected chi connectivity index (χ4v) is 1.44. The summed E-state index contributed by atoms with van der Waals surface area (Å²) < 4.78 is 0. The predicted octanol–water partition coefficient (Wildman–Crippen LogP) is 0.759. The van der Waals surface area contributed by atoms with E-state index in [-0.39, 0.29) is 23.3 Å². The minimum absolute atomic E-state index is 0.184. The number of rotatable bonds is 2. The molecule has 5 heteroatoms. The van der Waals surface area contributed by atoms with E-state index >= 15 is 0 Å². The summed E-state index contributed by atoms with van der Waals surface area (Å²) in [5, 5.41) is 2.56. The Kier molecular flexibility index (Phi) is 2.68. The molecule has 0 unspecified atom stereocenters. The Labute approximate surface area is 91.9 Å². The maximum absolute atomic E-state index is 11.7. The van der Waals surface area contributed by atoms with Gasteiger partial charge in [-0.2, -0.15) is 4.98 Å². The second-order valence-electron chi connectivity index (χ2n) is 3.54. The third-order valence-electron chi connectivity index (χ3n) is 2.17. The molecule has 0 spiro atoms. The van der Waals surface area contributed by atoms with Gasteiger partial charge in [0, 0.05) is 11.8 Å². The number of aromatic nitrogens is 2. The molecule has 0 saturated heterocycles. The number of aromatic amines is 1. The molecule has 1 heterocycles. The van der Waals surface area contributed by atoms with E-state index in [9.17, 15) is 9.59 Å². The van der Waals surface area contributed by atoms with Crippen molar-refractivity contribution in [3.63, 3.8) is 0 Å². The molecule has 0 fully saturated rings. The lowest BCUT2D eigenvalue weighted by molar-refractivity contribution is -0.117. The van der Waals surface area contributed by atoms with Crippen LogP contribution in [0.4, 0.5) is 5.95 Å².